The number of aliphatic hydroxyl groups is 1. The number of benzene rings is 1. The number of rotatable bonds is 4. The van der Waals surface area contributed by atoms with E-state index in [1.165, 1.54) is 6.92 Å². The molecule has 0 saturated heterocycles. The monoisotopic (exact) mass is 262 g/mol. The first-order chi connectivity index (χ1) is 7.38. The van der Waals surface area contributed by atoms with Crippen molar-refractivity contribution in [3.8, 4) is 0 Å². The molecule has 0 aliphatic heterocycles. The fourth-order valence-electron chi connectivity index (χ4n) is 1.42. The summed E-state index contributed by atoms with van der Waals surface area (Å²) in [7, 11) is -3.25. The minimum atomic E-state index is -3.25. The van der Waals surface area contributed by atoms with Gasteiger partial charge in [-0.25, -0.2) is 8.42 Å². The van der Waals surface area contributed by atoms with Crippen molar-refractivity contribution in [2.24, 2.45) is 0 Å². The molecule has 0 saturated carbocycles. The first kappa shape index (κ1) is 13.5. The van der Waals surface area contributed by atoms with Crippen LogP contribution < -0.4 is 0 Å². The summed E-state index contributed by atoms with van der Waals surface area (Å²) in [6.07, 6.45) is -1.04. The molecule has 0 bridgehead atoms. The van der Waals surface area contributed by atoms with Gasteiger partial charge in [-0.2, -0.15) is 0 Å². The lowest BCUT2D eigenvalue weighted by Crippen LogP contribution is -2.26. The molecule has 5 heteroatoms. The summed E-state index contributed by atoms with van der Waals surface area (Å²) in [5, 5.41) is 9.60. The molecule has 90 valence electrons. The number of aliphatic hydroxyl groups excluding tert-OH is 1. The highest BCUT2D eigenvalue weighted by Gasteiger charge is 2.27. The van der Waals surface area contributed by atoms with Gasteiger partial charge < -0.3 is 5.11 Å². The molecule has 1 aromatic rings. The van der Waals surface area contributed by atoms with E-state index < -0.39 is 21.2 Å². The predicted octanol–water partition coefficient (Wildman–Crippen LogP) is 2.20. The topological polar surface area (TPSA) is 54.4 Å². The Morgan fingerprint density at radius 2 is 2.06 bits per heavy atom. The standard InChI is InChI=1S/C11H15ClO3S/c1-3-16(14,15)8(2)11(13)9-5-4-6-10(12)7-9/h4-8,11,13H,3H2,1-2H3/t8-,11+/m1/s1. The molecular weight excluding hydrogens is 248 g/mol. The Kier molecular flexibility index (Phi) is 4.35. The molecule has 0 unspecified atom stereocenters. The van der Waals surface area contributed by atoms with Crippen LogP contribution in [0.4, 0.5) is 0 Å². The summed E-state index contributed by atoms with van der Waals surface area (Å²) in [5.74, 6) is 0.0196. The van der Waals surface area contributed by atoms with Crippen LogP contribution in [0.25, 0.3) is 0 Å². The molecule has 3 nitrogen and oxygen atoms in total. The average Bonchev–Trinajstić information content (AvgIpc) is 2.27. The zero-order valence-corrected chi connectivity index (χ0v) is 10.8. The van der Waals surface area contributed by atoms with E-state index in [9.17, 15) is 13.5 Å². The Morgan fingerprint density at radius 1 is 1.44 bits per heavy atom. The molecule has 1 N–H and O–H groups in total. The van der Waals surface area contributed by atoms with Crippen molar-refractivity contribution < 1.29 is 13.5 Å². The van der Waals surface area contributed by atoms with E-state index in [2.05, 4.69) is 0 Å². The van der Waals surface area contributed by atoms with Crippen LogP contribution in [0.5, 0.6) is 0 Å². The lowest BCUT2D eigenvalue weighted by atomic mass is 10.1. The molecule has 0 heterocycles. The highest BCUT2D eigenvalue weighted by atomic mass is 35.5. The Bertz CT molecular complexity index is 456. The van der Waals surface area contributed by atoms with Gasteiger partial charge in [0.1, 0.15) is 0 Å². The third-order valence-corrected chi connectivity index (χ3v) is 5.03. The molecule has 0 aromatic heterocycles. The molecule has 0 spiro atoms. The van der Waals surface area contributed by atoms with Gasteiger partial charge in [-0.05, 0) is 24.6 Å². The Hall–Kier alpha value is -0.580. The van der Waals surface area contributed by atoms with Gasteiger partial charge in [-0.1, -0.05) is 30.7 Å². The average molecular weight is 263 g/mol. The molecule has 0 aliphatic carbocycles. The summed E-state index contributed by atoms with van der Waals surface area (Å²) in [6.45, 7) is 3.07. The van der Waals surface area contributed by atoms with Crippen molar-refractivity contribution >= 4 is 21.4 Å². The molecule has 0 radical (unpaired) electrons. The molecule has 1 rings (SSSR count). The number of hydrogen-bond acceptors (Lipinski definition) is 3. The van der Waals surface area contributed by atoms with E-state index in [4.69, 9.17) is 11.6 Å². The molecule has 1 aromatic carbocycles. The van der Waals surface area contributed by atoms with Gasteiger partial charge in [-0.15, -0.1) is 0 Å². The Morgan fingerprint density at radius 3 is 2.56 bits per heavy atom. The molecule has 0 fully saturated rings. The normalized spacial score (nSPS) is 15.8. The van der Waals surface area contributed by atoms with E-state index in [1.54, 1.807) is 31.2 Å². The van der Waals surface area contributed by atoms with Crippen molar-refractivity contribution in [2.45, 2.75) is 25.2 Å². The zero-order valence-electron chi connectivity index (χ0n) is 9.22. The third-order valence-electron chi connectivity index (χ3n) is 2.60. The van der Waals surface area contributed by atoms with E-state index in [0.717, 1.165) is 0 Å². The van der Waals surface area contributed by atoms with E-state index in [-0.39, 0.29) is 5.75 Å². The van der Waals surface area contributed by atoms with Gasteiger partial charge in [0.25, 0.3) is 0 Å². The second kappa shape index (κ2) is 5.17. The molecular formula is C11H15ClO3S. The van der Waals surface area contributed by atoms with Crippen LogP contribution in [0.3, 0.4) is 0 Å². The minimum Gasteiger partial charge on any atom is -0.387 e. The highest BCUT2D eigenvalue weighted by Crippen LogP contribution is 2.24. The van der Waals surface area contributed by atoms with Crippen molar-refractivity contribution in [1.82, 2.24) is 0 Å². The van der Waals surface area contributed by atoms with Crippen LogP contribution in [0, 0.1) is 0 Å². The summed E-state index contributed by atoms with van der Waals surface area (Å²) in [4.78, 5) is 0. The number of halogens is 1. The predicted molar refractivity (Wildman–Crippen MR) is 65.3 cm³/mol. The van der Waals surface area contributed by atoms with Gasteiger partial charge in [0.05, 0.1) is 11.4 Å². The lowest BCUT2D eigenvalue weighted by molar-refractivity contribution is 0.176. The summed E-state index contributed by atoms with van der Waals surface area (Å²) < 4.78 is 23.2. The van der Waals surface area contributed by atoms with Gasteiger partial charge in [-0.3, -0.25) is 0 Å². The van der Waals surface area contributed by atoms with Crippen LogP contribution in [0.1, 0.15) is 25.5 Å². The van der Waals surface area contributed by atoms with Crippen molar-refractivity contribution in [3.05, 3.63) is 34.9 Å². The molecule has 16 heavy (non-hydrogen) atoms. The van der Waals surface area contributed by atoms with Crippen LogP contribution >= 0.6 is 11.6 Å². The van der Waals surface area contributed by atoms with Gasteiger partial charge in [0, 0.05) is 10.8 Å². The maximum Gasteiger partial charge on any atom is 0.155 e. The van der Waals surface area contributed by atoms with E-state index >= 15 is 0 Å². The zero-order chi connectivity index (χ0) is 12.3. The maximum absolute atomic E-state index is 11.6. The number of sulfone groups is 1. The quantitative estimate of drug-likeness (QED) is 0.905. The third kappa shape index (κ3) is 2.97. The second-order valence-corrected chi connectivity index (χ2v) is 6.74. The summed E-state index contributed by atoms with van der Waals surface area (Å²) in [6, 6.07) is 6.61. The van der Waals surface area contributed by atoms with E-state index in [1.807, 2.05) is 0 Å². The number of hydrogen-bond donors (Lipinski definition) is 1. The molecule has 2 atom stereocenters. The fourth-order valence-corrected chi connectivity index (χ4v) is 2.70. The Balaban J connectivity index is 2.99. The van der Waals surface area contributed by atoms with Crippen molar-refractivity contribution in [1.29, 1.82) is 0 Å². The van der Waals surface area contributed by atoms with Gasteiger partial charge in [0.15, 0.2) is 9.84 Å². The SMILES string of the molecule is CCS(=O)(=O)[C@H](C)[C@H](O)c1cccc(Cl)c1. The minimum absolute atomic E-state index is 0.0196. The molecule has 0 aliphatic rings. The highest BCUT2D eigenvalue weighted by molar-refractivity contribution is 7.92. The summed E-state index contributed by atoms with van der Waals surface area (Å²) >= 11 is 5.78. The first-order valence-electron chi connectivity index (χ1n) is 5.03. The van der Waals surface area contributed by atoms with Crippen molar-refractivity contribution in [2.75, 3.05) is 5.75 Å². The van der Waals surface area contributed by atoms with Gasteiger partial charge >= 0.3 is 0 Å². The summed E-state index contributed by atoms with van der Waals surface area (Å²) in [5.41, 5.74) is 0.525. The maximum atomic E-state index is 11.6. The Labute approximate surface area is 101 Å². The smallest absolute Gasteiger partial charge is 0.155 e. The van der Waals surface area contributed by atoms with Gasteiger partial charge in [0.2, 0.25) is 0 Å². The van der Waals surface area contributed by atoms with Crippen molar-refractivity contribution in [3.63, 3.8) is 0 Å². The van der Waals surface area contributed by atoms with Crippen LogP contribution in [-0.2, 0) is 9.84 Å². The molecule has 0 amide bonds. The van der Waals surface area contributed by atoms with E-state index in [0.29, 0.717) is 10.6 Å². The van der Waals surface area contributed by atoms with Crippen LogP contribution in [0.2, 0.25) is 5.02 Å². The van der Waals surface area contributed by atoms with Crippen LogP contribution in [0.15, 0.2) is 24.3 Å². The lowest BCUT2D eigenvalue weighted by Gasteiger charge is -2.18. The fraction of sp³-hybridized carbons (Fsp3) is 0.455. The second-order valence-electron chi connectivity index (χ2n) is 3.66. The first-order valence-corrected chi connectivity index (χ1v) is 7.13. The van der Waals surface area contributed by atoms with Crippen LogP contribution in [-0.4, -0.2) is 24.5 Å². The largest absolute Gasteiger partial charge is 0.387 e.